The van der Waals surface area contributed by atoms with Gasteiger partial charge in [0, 0.05) is 18.5 Å². The van der Waals surface area contributed by atoms with Gasteiger partial charge in [0.25, 0.3) is 0 Å². The first kappa shape index (κ1) is 22.7. The molecule has 1 N–H and O–H groups in total. The summed E-state index contributed by atoms with van der Waals surface area (Å²) in [6, 6.07) is 25.5. The summed E-state index contributed by atoms with van der Waals surface area (Å²) in [5.41, 5.74) is 7.25. The Labute approximate surface area is 197 Å². The van der Waals surface area contributed by atoms with Crippen molar-refractivity contribution < 1.29 is 0 Å². The largest absolute Gasteiger partial charge is 0.324 e. The Morgan fingerprint density at radius 1 is 0.667 bits per heavy atom. The maximum Gasteiger partial charge on any atom is 0.230 e. The molecule has 0 fully saturated rings. The molecule has 3 aromatic carbocycles. The summed E-state index contributed by atoms with van der Waals surface area (Å²) in [7, 11) is 0. The van der Waals surface area contributed by atoms with Crippen LogP contribution in [0.25, 0.3) is 0 Å². The molecule has 0 aliphatic rings. The molecule has 0 atom stereocenters. The fourth-order valence-corrected chi connectivity index (χ4v) is 3.87. The van der Waals surface area contributed by atoms with Crippen LogP contribution in [0.1, 0.15) is 60.2 Å². The van der Waals surface area contributed by atoms with Gasteiger partial charge in [-0.05, 0) is 48.1 Å². The maximum absolute atomic E-state index is 4.81. The van der Waals surface area contributed by atoms with Crippen LogP contribution >= 0.6 is 0 Å². The fraction of sp³-hybridized carbons (Fsp3) is 0.276. The van der Waals surface area contributed by atoms with E-state index in [1.807, 2.05) is 0 Å². The second kappa shape index (κ2) is 9.53. The van der Waals surface area contributed by atoms with Crippen LogP contribution in [0.5, 0.6) is 0 Å². The van der Waals surface area contributed by atoms with E-state index in [1.165, 1.54) is 27.8 Å². The summed E-state index contributed by atoms with van der Waals surface area (Å²) >= 11 is 0. The molecule has 4 nitrogen and oxygen atoms in total. The second-order valence-electron chi connectivity index (χ2n) is 9.78. The smallest absolute Gasteiger partial charge is 0.230 e. The highest BCUT2D eigenvalue weighted by Crippen LogP contribution is 2.24. The minimum Gasteiger partial charge on any atom is -0.324 e. The number of anilines is 2. The molecule has 0 aliphatic carbocycles. The Morgan fingerprint density at radius 3 is 1.64 bits per heavy atom. The lowest BCUT2D eigenvalue weighted by Crippen LogP contribution is -2.11. The molecule has 33 heavy (non-hydrogen) atoms. The number of hydrogen-bond donors (Lipinski definition) is 1. The Kier molecular flexibility index (Phi) is 6.55. The minimum atomic E-state index is 0.119. The van der Waals surface area contributed by atoms with Gasteiger partial charge in [0.15, 0.2) is 0 Å². The first-order valence-corrected chi connectivity index (χ1v) is 11.5. The van der Waals surface area contributed by atoms with Crippen molar-refractivity contribution in [2.45, 2.75) is 52.9 Å². The molecule has 168 valence electrons. The van der Waals surface area contributed by atoms with Gasteiger partial charge in [-0.3, -0.25) is 0 Å². The van der Waals surface area contributed by atoms with E-state index in [4.69, 9.17) is 15.0 Å². The summed E-state index contributed by atoms with van der Waals surface area (Å²) in [6.45, 7) is 10.9. The molecule has 4 heteroatoms. The lowest BCUT2D eigenvalue weighted by atomic mass is 9.87. The molecule has 1 aromatic heterocycles. The fourth-order valence-electron chi connectivity index (χ4n) is 3.87. The summed E-state index contributed by atoms with van der Waals surface area (Å²) < 4.78 is 0. The highest BCUT2D eigenvalue weighted by Gasteiger charge is 2.14. The van der Waals surface area contributed by atoms with Crippen LogP contribution in [0.15, 0.2) is 72.8 Å². The first-order chi connectivity index (χ1) is 15.7. The van der Waals surface area contributed by atoms with Gasteiger partial charge in [-0.2, -0.15) is 9.97 Å². The van der Waals surface area contributed by atoms with E-state index in [2.05, 4.69) is 113 Å². The number of nitrogens with one attached hydrogen (secondary N) is 1. The van der Waals surface area contributed by atoms with Gasteiger partial charge in [-0.15, -0.1) is 0 Å². The Bertz CT molecular complexity index is 1170. The van der Waals surface area contributed by atoms with Crippen molar-refractivity contribution in [3.8, 4) is 0 Å². The van der Waals surface area contributed by atoms with Crippen LogP contribution in [0.2, 0.25) is 0 Å². The predicted octanol–water partition coefficient (Wildman–Crippen LogP) is 6.71. The molecule has 0 amide bonds. The highest BCUT2D eigenvalue weighted by atomic mass is 15.2. The van der Waals surface area contributed by atoms with Crippen LogP contribution in [-0.4, -0.2) is 15.0 Å². The van der Waals surface area contributed by atoms with E-state index in [9.17, 15) is 0 Å². The molecule has 0 aliphatic heterocycles. The maximum atomic E-state index is 4.81. The van der Waals surface area contributed by atoms with Gasteiger partial charge in [0.2, 0.25) is 5.95 Å². The molecule has 0 saturated carbocycles. The van der Waals surface area contributed by atoms with Gasteiger partial charge in [0.1, 0.15) is 11.6 Å². The van der Waals surface area contributed by atoms with Crippen LogP contribution in [-0.2, 0) is 18.3 Å². The molecule has 0 unspecified atom stereocenters. The second-order valence-corrected chi connectivity index (χ2v) is 9.78. The number of aryl methyl sites for hydroxylation is 2. The third-order valence-corrected chi connectivity index (χ3v) is 5.62. The molecule has 0 radical (unpaired) electrons. The van der Waals surface area contributed by atoms with Crippen LogP contribution in [0.4, 0.5) is 11.6 Å². The monoisotopic (exact) mass is 436 g/mol. The summed E-state index contributed by atoms with van der Waals surface area (Å²) in [6.07, 6.45) is 1.34. The van der Waals surface area contributed by atoms with Crippen molar-refractivity contribution >= 4 is 11.6 Å². The van der Waals surface area contributed by atoms with E-state index in [-0.39, 0.29) is 5.41 Å². The molecular formula is C29H32N4. The van der Waals surface area contributed by atoms with Crippen molar-refractivity contribution in [3.63, 3.8) is 0 Å². The zero-order valence-electron chi connectivity index (χ0n) is 20.2. The molecular weight excluding hydrogens is 404 g/mol. The third-order valence-electron chi connectivity index (χ3n) is 5.62. The van der Waals surface area contributed by atoms with E-state index in [0.29, 0.717) is 18.8 Å². The molecule has 0 saturated heterocycles. The van der Waals surface area contributed by atoms with Crippen molar-refractivity contribution in [1.29, 1.82) is 0 Å². The molecule has 4 aromatic rings. The molecule has 0 bridgehead atoms. The van der Waals surface area contributed by atoms with Crippen molar-refractivity contribution in [3.05, 3.63) is 112 Å². The molecule has 0 spiro atoms. The van der Waals surface area contributed by atoms with Crippen molar-refractivity contribution in [1.82, 2.24) is 15.0 Å². The number of nitrogens with zero attached hydrogens (tertiary/aromatic N) is 3. The Hall–Kier alpha value is -3.53. The standard InChI is InChI=1S/C29H32N4/c1-20-8-6-10-22(16-20)18-26-31-27(19-23-11-7-9-21(2)17-23)33-28(32-26)30-25-14-12-24(13-15-25)29(3,4)5/h6-17H,18-19H2,1-5H3,(H,30,31,32,33). The average molecular weight is 437 g/mol. The van der Waals surface area contributed by atoms with E-state index < -0.39 is 0 Å². The van der Waals surface area contributed by atoms with Crippen molar-refractivity contribution in [2.75, 3.05) is 5.32 Å². The summed E-state index contributed by atoms with van der Waals surface area (Å²) in [5, 5.41) is 3.40. The lowest BCUT2D eigenvalue weighted by molar-refractivity contribution is 0.590. The number of benzene rings is 3. The Balaban J connectivity index is 1.64. The van der Waals surface area contributed by atoms with E-state index in [0.717, 1.165) is 17.3 Å². The van der Waals surface area contributed by atoms with E-state index >= 15 is 0 Å². The topological polar surface area (TPSA) is 50.7 Å². The SMILES string of the molecule is Cc1cccc(Cc2nc(Cc3cccc(C)c3)nc(Nc3ccc(C(C)(C)C)cc3)n2)c1. The van der Waals surface area contributed by atoms with E-state index in [1.54, 1.807) is 0 Å². The molecule has 1 heterocycles. The quantitative estimate of drug-likeness (QED) is 0.365. The molecule has 4 rings (SSSR count). The third kappa shape index (κ3) is 6.26. The first-order valence-electron chi connectivity index (χ1n) is 11.5. The number of hydrogen-bond acceptors (Lipinski definition) is 4. The zero-order valence-corrected chi connectivity index (χ0v) is 20.2. The number of aromatic nitrogens is 3. The van der Waals surface area contributed by atoms with Gasteiger partial charge in [-0.25, -0.2) is 4.98 Å². The van der Waals surface area contributed by atoms with Crippen LogP contribution in [0, 0.1) is 13.8 Å². The average Bonchev–Trinajstić information content (AvgIpc) is 2.73. The normalized spacial score (nSPS) is 11.4. The minimum absolute atomic E-state index is 0.119. The highest BCUT2D eigenvalue weighted by molar-refractivity contribution is 5.54. The predicted molar refractivity (Wildman–Crippen MR) is 136 cm³/mol. The zero-order chi connectivity index (χ0) is 23.4. The van der Waals surface area contributed by atoms with Gasteiger partial charge >= 0.3 is 0 Å². The lowest BCUT2D eigenvalue weighted by Gasteiger charge is -2.19. The van der Waals surface area contributed by atoms with Gasteiger partial charge in [-0.1, -0.05) is 92.6 Å². The summed E-state index contributed by atoms with van der Waals surface area (Å²) in [5.74, 6) is 2.12. The van der Waals surface area contributed by atoms with Crippen LogP contribution in [0.3, 0.4) is 0 Å². The number of rotatable bonds is 6. The van der Waals surface area contributed by atoms with Gasteiger partial charge in [0.05, 0.1) is 0 Å². The van der Waals surface area contributed by atoms with Gasteiger partial charge < -0.3 is 5.32 Å². The van der Waals surface area contributed by atoms with Crippen molar-refractivity contribution in [2.24, 2.45) is 0 Å². The van der Waals surface area contributed by atoms with Crippen LogP contribution < -0.4 is 5.32 Å². The summed E-state index contributed by atoms with van der Waals surface area (Å²) in [4.78, 5) is 14.3. The Morgan fingerprint density at radius 2 is 1.18 bits per heavy atom.